The Hall–Kier alpha value is -4.24. The molecule has 0 bridgehead atoms. The third-order valence-corrected chi connectivity index (χ3v) is 4.92. The van der Waals surface area contributed by atoms with E-state index >= 15 is 0 Å². The zero-order chi connectivity index (χ0) is 23.9. The summed E-state index contributed by atoms with van der Waals surface area (Å²) in [6.07, 6.45) is 0. The lowest BCUT2D eigenvalue weighted by molar-refractivity contribution is 0.102. The highest BCUT2D eigenvalue weighted by Gasteiger charge is 2.16. The number of aromatic nitrogens is 3. The van der Waals surface area contributed by atoms with Gasteiger partial charge in [0.15, 0.2) is 5.82 Å². The third kappa shape index (κ3) is 5.21. The third-order valence-electron chi connectivity index (χ3n) is 4.92. The number of hydrogen-bond donors (Lipinski definition) is 1. The number of anilines is 1. The van der Waals surface area contributed by atoms with E-state index in [0.29, 0.717) is 36.2 Å². The Bertz CT molecular complexity index is 1270. The van der Waals surface area contributed by atoms with Crippen LogP contribution in [0.5, 0.6) is 11.8 Å². The average Bonchev–Trinajstić information content (AvgIpc) is 3.29. The van der Waals surface area contributed by atoms with Crippen LogP contribution in [0.1, 0.15) is 10.4 Å². The number of halogens is 1. The molecule has 1 N–H and O–H groups in total. The first-order valence-corrected chi connectivity index (χ1v) is 10.5. The van der Waals surface area contributed by atoms with Gasteiger partial charge in [-0.1, -0.05) is 18.2 Å². The van der Waals surface area contributed by atoms with Crippen LogP contribution in [0.4, 0.5) is 10.1 Å². The number of ether oxygens (including phenoxy) is 3. The maximum Gasteiger partial charge on any atom is 0.336 e. The fraction of sp³-hybridized carbons (Fsp3) is 0.160. The van der Waals surface area contributed by atoms with E-state index in [1.807, 2.05) is 30.3 Å². The molecule has 0 spiro atoms. The summed E-state index contributed by atoms with van der Waals surface area (Å²) in [5.74, 6) is 0.108. The highest BCUT2D eigenvalue weighted by molar-refractivity contribution is 6.04. The molecule has 0 unspecified atom stereocenters. The van der Waals surface area contributed by atoms with Gasteiger partial charge in [-0.2, -0.15) is 4.98 Å². The molecule has 0 aliphatic heterocycles. The Balaban J connectivity index is 1.67. The van der Waals surface area contributed by atoms with Crippen LogP contribution in [0.3, 0.4) is 0 Å². The summed E-state index contributed by atoms with van der Waals surface area (Å²) in [7, 11) is 3.18. The second-order valence-corrected chi connectivity index (χ2v) is 7.18. The van der Waals surface area contributed by atoms with Gasteiger partial charge in [-0.15, -0.1) is 5.10 Å². The normalized spacial score (nSPS) is 10.7. The van der Waals surface area contributed by atoms with Crippen LogP contribution in [-0.2, 0) is 4.74 Å². The van der Waals surface area contributed by atoms with Gasteiger partial charge < -0.3 is 19.5 Å². The molecule has 0 fully saturated rings. The fourth-order valence-corrected chi connectivity index (χ4v) is 3.24. The molecule has 0 saturated heterocycles. The first kappa shape index (κ1) is 22.9. The molecule has 0 aliphatic carbocycles. The van der Waals surface area contributed by atoms with Crippen molar-refractivity contribution in [3.8, 4) is 28.8 Å². The van der Waals surface area contributed by atoms with Gasteiger partial charge in [-0.3, -0.25) is 4.79 Å². The van der Waals surface area contributed by atoms with E-state index in [-0.39, 0.29) is 11.6 Å². The van der Waals surface area contributed by atoms with E-state index in [1.165, 1.54) is 18.2 Å². The summed E-state index contributed by atoms with van der Waals surface area (Å²) in [5, 5.41) is 7.22. The molecule has 4 rings (SSSR count). The fourth-order valence-electron chi connectivity index (χ4n) is 3.24. The molecule has 0 saturated carbocycles. The first-order chi connectivity index (χ1) is 16.6. The van der Waals surface area contributed by atoms with Gasteiger partial charge in [0.1, 0.15) is 18.2 Å². The minimum atomic E-state index is -0.591. The molecule has 1 heterocycles. The van der Waals surface area contributed by atoms with E-state index in [0.717, 1.165) is 5.56 Å². The number of hydrogen-bond acceptors (Lipinski definition) is 6. The summed E-state index contributed by atoms with van der Waals surface area (Å²) < 4.78 is 31.5. The van der Waals surface area contributed by atoms with E-state index in [4.69, 9.17) is 14.2 Å². The highest BCUT2D eigenvalue weighted by atomic mass is 19.1. The van der Waals surface area contributed by atoms with Crippen molar-refractivity contribution in [3.05, 3.63) is 84.2 Å². The lowest BCUT2D eigenvalue weighted by atomic mass is 10.2. The standard InChI is InChI=1S/C25H23FN4O4/c1-32-14-15-34-25-28-23(17-10-12-20(33-2)13-11-17)30(29-25)19-7-5-6-18(16-19)27-24(31)21-8-3-4-9-22(21)26/h3-13,16H,14-15H2,1-2H3,(H,27,31). The quantitative estimate of drug-likeness (QED) is 0.372. The van der Waals surface area contributed by atoms with Gasteiger partial charge in [0.2, 0.25) is 0 Å². The number of benzene rings is 3. The molecule has 0 atom stereocenters. The van der Waals surface area contributed by atoms with Gasteiger partial charge in [-0.25, -0.2) is 9.07 Å². The van der Waals surface area contributed by atoms with Crippen LogP contribution in [0, 0.1) is 5.82 Å². The lowest BCUT2D eigenvalue weighted by Gasteiger charge is -2.10. The molecule has 4 aromatic rings. The number of methoxy groups -OCH3 is 2. The summed E-state index contributed by atoms with van der Waals surface area (Å²) in [6.45, 7) is 0.686. The Kier molecular flexibility index (Phi) is 7.14. The van der Waals surface area contributed by atoms with Crippen molar-refractivity contribution in [1.82, 2.24) is 14.8 Å². The molecule has 34 heavy (non-hydrogen) atoms. The van der Waals surface area contributed by atoms with Gasteiger partial charge in [0.25, 0.3) is 5.91 Å². The number of rotatable bonds is 9. The summed E-state index contributed by atoms with van der Waals surface area (Å²) in [5.41, 5.74) is 1.85. The van der Waals surface area contributed by atoms with Crippen molar-refractivity contribution < 1.29 is 23.4 Å². The molecular formula is C25H23FN4O4. The number of nitrogens with one attached hydrogen (secondary N) is 1. The SMILES string of the molecule is COCCOc1nc(-c2ccc(OC)cc2)n(-c2cccc(NC(=O)c3ccccc3F)c2)n1. The van der Waals surface area contributed by atoms with Crippen molar-refractivity contribution in [2.24, 2.45) is 0 Å². The van der Waals surface area contributed by atoms with Crippen LogP contribution >= 0.6 is 0 Å². The predicted molar refractivity (Wildman–Crippen MR) is 125 cm³/mol. The highest BCUT2D eigenvalue weighted by Crippen LogP contribution is 2.27. The molecule has 0 aliphatic rings. The van der Waals surface area contributed by atoms with Crippen LogP contribution < -0.4 is 14.8 Å². The van der Waals surface area contributed by atoms with Gasteiger partial charge in [-0.05, 0) is 54.6 Å². The maximum absolute atomic E-state index is 14.0. The molecule has 3 aromatic carbocycles. The Morgan fingerprint density at radius 3 is 2.53 bits per heavy atom. The maximum atomic E-state index is 14.0. The number of nitrogens with zero attached hydrogens (tertiary/aromatic N) is 3. The van der Waals surface area contributed by atoms with Crippen LogP contribution in [-0.4, -0.2) is 48.1 Å². The van der Waals surface area contributed by atoms with Crippen LogP contribution in [0.15, 0.2) is 72.8 Å². The molecule has 1 amide bonds. The smallest absolute Gasteiger partial charge is 0.336 e. The summed E-state index contributed by atoms with van der Waals surface area (Å²) in [6, 6.07) is 20.4. The summed E-state index contributed by atoms with van der Waals surface area (Å²) >= 11 is 0. The molecular weight excluding hydrogens is 439 g/mol. The van der Waals surface area contributed by atoms with Gasteiger partial charge in [0, 0.05) is 18.4 Å². The molecule has 1 aromatic heterocycles. The van der Waals surface area contributed by atoms with Crippen molar-refractivity contribution in [2.45, 2.75) is 0 Å². The van der Waals surface area contributed by atoms with Gasteiger partial charge in [0.05, 0.1) is 25.0 Å². The number of carbonyl (C=O) groups excluding carboxylic acids is 1. The van der Waals surface area contributed by atoms with E-state index < -0.39 is 11.7 Å². The largest absolute Gasteiger partial charge is 0.497 e. The van der Waals surface area contributed by atoms with E-state index in [2.05, 4.69) is 15.4 Å². The zero-order valence-electron chi connectivity index (χ0n) is 18.7. The van der Waals surface area contributed by atoms with Crippen molar-refractivity contribution in [2.75, 3.05) is 32.8 Å². The number of carbonyl (C=O) groups is 1. The van der Waals surface area contributed by atoms with E-state index in [9.17, 15) is 9.18 Å². The topological polar surface area (TPSA) is 87.5 Å². The monoisotopic (exact) mass is 462 g/mol. The Labute approximate surface area is 195 Å². The average molecular weight is 462 g/mol. The lowest BCUT2D eigenvalue weighted by Crippen LogP contribution is -2.14. The van der Waals surface area contributed by atoms with Crippen molar-refractivity contribution in [3.63, 3.8) is 0 Å². The Morgan fingerprint density at radius 1 is 1.00 bits per heavy atom. The van der Waals surface area contributed by atoms with Crippen LogP contribution in [0.2, 0.25) is 0 Å². The molecule has 174 valence electrons. The molecule has 9 heteroatoms. The number of amides is 1. The molecule has 0 radical (unpaired) electrons. The zero-order valence-corrected chi connectivity index (χ0v) is 18.7. The van der Waals surface area contributed by atoms with Gasteiger partial charge >= 0.3 is 6.01 Å². The second kappa shape index (κ2) is 10.6. The van der Waals surface area contributed by atoms with E-state index in [1.54, 1.807) is 43.2 Å². The van der Waals surface area contributed by atoms with Crippen molar-refractivity contribution >= 4 is 11.6 Å². The second-order valence-electron chi connectivity index (χ2n) is 7.18. The molecule has 8 nitrogen and oxygen atoms in total. The minimum absolute atomic E-state index is 0.0404. The first-order valence-electron chi connectivity index (χ1n) is 10.5. The van der Waals surface area contributed by atoms with Crippen LogP contribution in [0.25, 0.3) is 17.1 Å². The summed E-state index contributed by atoms with van der Waals surface area (Å²) in [4.78, 5) is 17.1. The minimum Gasteiger partial charge on any atom is -0.497 e. The predicted octanol–water partition coefficient (Wildman–Crippen LogP) is 4.36. The van der Waals surface area contributed by atoms with Crippen molar-refractivity contribution in [1.29, 1.82) is 0 Å². The Morgan fingerprint density at radius 2 is 1.79 bits per heavy atom.